The van der Waals surface area contributed by atoms with E-state index in [4.69, 9.17) is 0 Å². The Morgan fingerprint density at radius 3 is 2.29 bits per heavy atom. The lowest BCUT2D eigenvalue weighted by molar-refractivity contribution is 0.917. The highest BCUT2D eigenvalue weighted by atomic mass is 79.9. The van der Waals surface area contributed by atoms with Crippen molar-refractivity contribution >= 4 is 15.9 Å². The lowest BCUT2D eigenvalue weighted by Gasteiger charge is -2.07. The van der Waals surface area contributed by atoms with Crippen LogP contribution in [0.15, 0.2) is 34.9 Å². The van der Waals surface area contributed by atoms with Gasteiger partial charge in [-0.3, -0.25) is 0 Å². The Kier molecular flexibility index (Phi) is 2.42. The fourth-order valence-corrected chi connectivity index (χ4v) is 1.89. The van der Waals surface area contributed by atoms with Gasteiger partial charge in [0, 0.05) is 11.4 Å². The van der Waals surface area contributed by atoms with Gasteiger partial charge in [-0.25, -0.2) is 4.98 Å². The minimum Gasteiger partial charge on any atom is -0.303 e. The number of pyridine rings is 1. The third-order valence-corrected chi connectivity index (χ3v) is 2.64. The van der Waals surface area contributed by atoms with Gasteiger partial charge in [-0.05, 0) is 54.0 Å². The fraction of sp³-hybridized carbons (Fsp3) is 0.182. The molecule has 2 aromatic rings. The van der Waals surface area contributed by atoms with E-state index >= 15 is 0 Å². The van der Waals surface area contributed by atoms with Crippen molar-refractivity contribution < 1.29 is 0 Å². The van der Waals surface area contributed by atoms with Crippen LogP contribution in [0, 0.1) is 13.8 Å². The molecule has 2 rings (SSSR count). The summed E-state index contributed by atoms with van der Waals surface area (Å²) in [5.41, 5.74) is 2.40. The second kappa shape index (κ2) is 3.58. The third-order valence-electron chi connectivity index (χ3n) is 2.20. The van der Waals surface area contributed by atoms with Crippen molar-refractivity contribution in [2.24, 2.45) is 0 Å². The van der Waals surface area contributed by atoms with Gasteiger partial charge in [0.1, 0.15) is 10.4 Å². The zero-order valence-corrected chi connectivity index (χ0v) is 9.75. The van der Waals surface area contributed by atoms with Crippen LogP contribution in [0.25, 0.3) is 5.82 Å². The number of rotatable bonds is 1. The summed E-state index contributed by atoms with van der Waals surface area (Å²) >= 11 is 3.37. The normalized spacial score (nSPS) is 10.5. The Labute approximate surface area is 91.7 Å². The fourth-order valence-electron chi connectivity index (χ4n) is 1.55. The van der Waals surface area contributed by atoms with Crippen molar-refractivity contribution in [1.82, 2.24) is 9.55 Å². The van der Waals surface area contributed by atoms with Gasteiger partial charge in [-0.1, -0.05) is 6.07 Å². The van der Waals surface area contributed by atoms with Crippen molar-refractivity contribution in [2.75, 3.05) is 0 Å². The van der Waals surface area contributed by atoms with Gasteiger partial charge >= 0.3 is 0 Å². The molecule has 0 saturated heterocycles. The third kappa shape index (κ3) is 1.60. The summed E-state index contributed by atoms with van der Waals surface area (Å²) in [6.45, 7) is 4.16. The van der Waals surface area contributed by atoms with E-state index in [0.717, 1.165) is 10.4 Å². The van der Waals surface area contributed by atoms with Crippen LogP contribution in [0.2, 0.25) is 0 Å². The molecule has 0 atom stereocenters. The average molecular weight is 251 g/mol. The van der Waals surface area contributed by atoms with Crippen LogP contribution in [0.1, 0.15) is 11.4 Å². The highest BCUT2D eigenvalue weighted by molar-refractivity contribution is 9.10. The standard InChI is InChI=1S/C11H11BrN2/c1-8-6-7-9(2)14(8)11-5-3-4-10(12)13-11/h3-7H,1-2H3. The Balaban J connectivity index is 2.59. The number of aryl methyl sites for hydroxylation is 2. The Morgan fingerprint density at radius 1 is 1.07 bits per heavy atom. The highest BCUT2D eigenvalue weighted by Gasteiger charge is 2.04. The molecule has 0 spiro atoms. The van der Waals surface area contributed by atoms with Gasteiger partial charge in [0.2, 0.25) is 0 Å². The Bertz CT molecular complexity index is 441. The minimum absolute atomic E-state index is 0.863. The maximum Gasteiger partial charge on any atom is 0.138 e. The second-order valence-corrected chi connectivity index (χ2v) is 4.08. The molecule has 0 unspecified atom stereocenters. The second-order valence-electron chi connectivity index (χ2n) is 3.27. The molecule has 0 aliphatic heterocycles. The molecule has 0 aliphatic rings. The summed E-state index contributed by atoms with van der Waals surface area (Å²) < 4.78 is 2.99. The van der Waals surface area contributed by atoms with E-state index in [1.807, 2.05) is 18.2 Å². The van der Waals surface area contributed by atoms with Crippen LogP contribution in [0.4, 0.5) is 0 Å². The maximum atomic E-state index is 4.42. The smallest absolute Gasteiger partial charge is 0.138 e. The molecule has 2 aromatic heterocycles. The summed E-state index contributed by atoms with van der Waals surface area (Å²) in [6, 6.07) is 10.1. The SMILES string of the molecule is Cc1ccc(C)n1-c1cccc(Br)n1. The first-order valence-electron chi connectivity index (χ1n) is 4.46. The molecule has 72 valence electrons. The van der Waals surface area contributed by atoms with Crippen molar-refractivity contribution in [3.8, 4) is 5.82 Å². The average Bonchev–Trinajstić information content (AvgIpc) is 2.46. The van der Waals surface area contributed by atoms with Gasteiger partial charge in [0.25, 0.3) is 0 Å². The largest absolute Gasteiger partial charge is 0.303 e. The molecule has 0 aliphatic carbocycles. The molecule has 2 nitrogen and oxygen atoms in total. The van der Waals surface area contributed by atoms with E-state index < -0.39 is 0 Å². The molecule has 2 heterocycles. The van der Waals surface area contributed by atoms with E-state index in [-0.39, 0.29) is 0 Å². The first-order chi connectivity index (χ1) is 6.68. The number of nitrogens with zero attached hydrogens (tertiary/aromatic N) is 2. The van der Waals surface area contributed by atoms with Gasteiger partial charge in [-0.2, -0.15) is 0 Å². The van der Waals surface area contributed by atoms with Crippen LogP contribution in [0.5, 0.6) is 0 Å². The first kappa shape index (κ1) is 9.46. The van der Waals surface area contributed by atoms with E-state index in [1.165, 1.54) is 11.4 Å². The molecule has 0 radical (unpaired) electrons. The molecule has 3 heteroatoms. The molecule has 0 bridgehead atoms. The predicted molar refractivity (Wildman–Crippen MR) is 60.7 cm³/mol. The highest BCUT2D eigenvalue weighted by Crippen LogP contribution is 2.16. The molecular weight excluding hydrogens is 240 g/mol. The molecule has 0 N–H and O–H groups in total. The maximum absolute atomic E-state index is 4.42. The monoisotopic (exact) mass is 250 g/mol. The van der Waals surface area contributed by atoms with Gasteiger partial charge in [0.15, 0.2) is 0 Å². The van der Waals surface area contributed by atoms with Crippen molar-refractivity contribution in [3.05, 3.63) is 46.3 Å². The number of hydrogen-bond acceptors (Lipinski definition) is 1. The van der Waals surface area contributed by atoms with Crippen molar-refractivity contribution in [1.29, 1.82) is 0 Å². The molecule has 14 heavy (non-hydrogen) atoms. The zero-order chi connectivity index (χ0) is 10.1. The summed E-state index contributed by atoms with van der Waals surface area (Å²) in [5, 5.41) is 0. The molecule has 0 saturated carbocycles. The summed E-state index contributed by atoms with van der Waals surface area (Å²) in [6.07, 6.45) is 0. The quantitative estimate of drug-likeness (QED) is 0.711. The van der Waals surface area contributed by atoms with Gasteiger partial charge in [-0.15, -0.1) is 0 Å². The lowest BCUT2D eigenvalue weighted by Crippen LogP contribution is -2.01. The molecule has 0 fully saturated rings. The summed E-state index contributed by atoms with van der Waals surface area (Å²) in [7, 11) is 0. The van der Waals surface area contributed by atoms with E-state index in [9.17, 15) is 0 Å². The molecular formula is C11H11BrN2. The predicted octanol–water partition coefficient (Wildman–Crippen LogP) is 3.25. The summed E-state index contributed by atoms with van der Waals surface area (Å²) in [4.78, 5) is 4.42. The summed E-state index contributed by atoms with van der Waals surface area (Å²) in [5.74, 6) is 0.958. The number of hydrogen-bond donors (Lipinski definition) is 0. The van der Waals surface area contributed by atoms with Crippen LogP contribution < -0.4 is 0 Å². The van der Waals surface area contributed by atoms with E-state index in [0.29, 0.717) is 0 Å². The number of aromatic nitrogens is 2. The van der Waals surface area contributed by atoms with E-state index in [1.54, 1.807) is 0 Å². The lowest BCUT2D eigenvalue weighted by atomic mass is 10.4. The van der Waals surface area contributed by atoms with Crippen LogP contribution >= 0.6 is 15.9 Å². The molecule has 0 aromatic carbocycles. The topological polar surface area (TPSA) is 17.8 Å². The van der Waals surface area contributed by atoms with Crippen molar-refractivity contribution in [3.63, 3.8) is 0 Å². The zero-order valence-electron chi connectivity index (χ0n) is 8.16. The first-order valence-corrected chi connectivity index (χ1v) is 5.25. The van der Waals surface area contributed by atoms with Crippen LogP contribution in [-0.2, 0) is 0 Å². The Morgan fingerprint density at radius 2 is 1.71 bits per heavy atom. The van der Waals surface area contributed by atoms with E-state index in [2.05, 4.69) is 51.5 Å². The van der Waals surface area contributed by atoms with Crippen LogP contribution in [0.3, 0.4) is 0 Å². The Hall–Kier alpha value is -1.09. The van der Waals surface area contributed by atoms with Crippen LogP contribution in [-0.4, -0.2) is 9.55 Å². The van der Waals surface area contributed by atoms with Gasteiger partial charge in [0.05, 0.1) is 0 Å². The molecule has 0 amide bonds. The van der Waals surface area contributed by atoms with Gasteiger partial charge < -0.3 is 4.57 Å². The minimum atomic E-state index is 0.863. The number of halogens is 1. The van der Waals surface area contributed by atoms with Crippen molar-refractivity contribution in [2.45, 2.75) is 13.8 Å².